The minimum Gasteiger partial charge on any atom is -0.508 e. The number of nitrogens with zero attached hydrogens (tertiary/aromatic N) is 1. The first kappa shape index (κ1) is 28.3. The second-order valence-electron chi connectivity index (χ2n) is 11.2. The van der Waals surface area contributed by atoms with Gasteiger partial charge in [0, 0.05) is 23.5 Å². The lowest BCUT2D eigenvalue weighted by molar-refractivity contribution is -0.167. The molecule has 0 saturated heterocycles. The van der Waals surface area contributed by atoms with Gasteiger partial charge in [-0.15, -0.1) is 0 Å². The van der Waals surface area contributed by atoms with E-state index in [0.717, 1.165) is 6.29 Å². The Morgan fingerprint density at radius 1 is 0.977 bits per heavy atom. The molecule has 5 atom stereocenters. The smallest absolute Gasteiger partial charge is 0.255 e. The van der Waals surface area contributed by atoms with E-state index < -0.39 is 75.5 Å². The molecule has 3 aromatic carbocycles. The van der Waals surface area contributed by atoms with Crippen molar-refractivity contribution in [3.8, 4) is 16.9 Å². The Morgan fingerprint density at radius 2 is 1.63 bits per heavy atom. The number of fused-ring (bicyclic) bond motifs is 4. The largest absolute Gasteiger partial charge is 0.508 e. The number of aliphatic hydroxyl groups excluding tert-OH is 3. The number of aromatic hydroxyl groups is 1. The number of ketones is 2. The van der Waals surface area contributed by atoms with Gasteiger partial charge in [0.2, 0.25) is 5.78 Å². The van der Waals surface area contributed by atoms with Crippen molar-refractivity contribution in [2.75, 3.05) is 14.1 Å². The highest BCUT2D eigenvalue weighted by atomic mass is 16.4. The van der Waals surface area contributed by atoms with Gasteiger partial charge < -0.3 is 31.3 Å². The number of likely N-dealkylation sites (N-methyl/N-ethyl adjacent to an activating group) is 1. The topological polar surface area (TPSA) is 199 Å². The van der Waals surface area contributed by atoms with Gasteiger partial charge in [-0.2, -0.15) is 0 Å². The number of rotatable bonds is 4. The summed E-state index contributed by atoms with van der Waals surface area (Å²) in [5, 5.41) is 58.3. The fourth-order valence-corrected chi connectivity index (χ4v) is 6.93. The molecule has 0 aromatic heterocycles. The number of hydrogen-bond acceptors (Lipinski definition) is 10. The molecule has 219 valence electrons. The van der Waals surface area contributed by atoms with Crippen LogP contribution in [0.2, 0.25) is 0 Å². The standard InChI is InChI=1S/C32H27N2O9/c1-34(2)25-24-26(37)19-11-18-17(16-8-7-13(12-35)14-5-3-4-6-15(14)16)9-10-20(36)21(18)27(38)22(19)29(40)32(24,43)30(41)23(28(25)39)31(33)42/h3-12,19,24-26,36-38,41,43H,1-2H3,(H2,33,42)/t19-,24-,25+,26+,32+/m1/s1. The summed E-state index contributed by atoms with van der Waals surface area (Å²) in [6.45, 7) is 0. The lowest BCUT2D eigenvalue weighted by atomic mass is 9.56. The minimum atomic E-state index is -2.99. The molecule has 1 fully saturated rings. The Hall–Kier alpha value is -4.84. The highest BCUT2D eigenvalue weighted by Crippen LogP contribution is 2.54. The summed E-state index contributed by atoms with van der Waals surface area (Å²) in [5.74, 6) is -9.05. The van der Waals surface area contributed by atoms with Gasteiger partial charge >= 0.3 is 0 Å². The molecule has 3 aromatic rings. The first-order chi connectivity index (χ1) is 20.4. The second-order valence-corrected chi connectivity index (χ2v) is 11.2. The van der Waals surface area contributed by atoms with Crippen LogP contribution in [0.15, 0.2) is 65.4 Å². The fourth-order valence-electron chi connectivity index (χ4n) is 6.93. The number of Topliss-reactive ketones (excluding diaryl/α,β-unsaturated/α-hetero) is 2. The quantitative estimate of drug-likeness (QED) is 0.194. The van der Waals surface area contributed by atoms with E-state index in [-0.39, 0.29) is 11.1 Å². The van der Waals surface area contributed by atoms with Crippen molar-refractivity contribution in [3.05, 3.63) is 88.5 Å². The minimum absolute atomic E-state index is 0.162. The van der Waals surface area contributed by atoms with Crippen LogP contribution in [0.5, 0.6) is 5.75 Å². The van der Waals surface area contributed by atoms with Crippen LogP contribution >= 0.6 is 0 Å². The third kappa shape index (κ3) is 3.65. The molecule has 3 aliphatic rings. The van der Waals surface area contributed by atoms with Crippen molar-refractivity contribution in [2.45, 2.75) is 17.7 Å². The molecule has 3 aliphatic carbocycles. The van der Waals surface area contributed by atoms with E-state index in [1.54, 1.807) is 42.5 Å². The number of amides is 1. The normalized spacial score (nSPS) is 26.8. The first-order valence-corrected chi connectivity index (χ1v) is 13.4. The second kappa shape index (κ2) is 9.60. The molecule has 43 heavy (non-hydrogen) atoms. The SMILES string of the molecule is CN(C)[C@@H]1C(=O)C(C(N)=O)=C(O)[C@@]2(O)C(=O)C3=C(O)c4c(O)ccc(-c5ccc(C=O)c6ccccc56)c4[CH][C@H]3[C@H](O)[C@@H]12. The molecular weight excluding hydrogens is 556 g/mol. The van der Waals surface area contributed by atoms with E-state index >= 15 is 0 Å². The van der Waals surface area contributed by atoms with Crippen LogP contribution in [0.4, 0.5) is 0 Å². The van der Waals surface area contributed by atoms with Gasteiger partial charge in [-0.1, -0.05) is 42.5 Å². The number of benzene rings is 3. The molecule has 0 spiro atoms. The molecule has 0 aliphatic heterocycles. The van der Waals surface area contributed by atoms with Crippen LogP contribution in [0.1, 0.15) is 21.5 Å². The van der Waals surface area contributed by atoms with E-state index in [9.17, 15) is 44.7 Å². The summed E-state index contributed by atoms with van der Waals surface area (Å²) in [6, 6.07) is 12.0. The third-order valence-corrected chi connectivity index (χ3v) is 8.83. The van der Waals surface area contributed by atoms with Crippen LogP contribution < -0.4 is 5.73 Å². The molecular formula is C32H27N2O9. The number of aldehydes is 1. The molecule has 1 amide bonds. The Bertz CT molecular complexity index is 1860. The molecule has 11 nitrogen and oxygen atoms in total. The molecule has 6 rings (SSSR count). The highest BCUT2D eigenvalue weighted by molar-refractivity contribution is 6.24. The first-order valence-electron chi connectivity index (χ1n) is 13.4. The van der Waals surface area contributed by atoms with Crippen LogP contribution in [-0.2, 0) is 14.4 Å². The van der Waals surface area contributed by atoms with Crippen LogP contribution in [0.3, 0.4) is 0 Å². The number of aliphatic hydroxyl groups is 4. The highest BCUT2D eigenvalue weighted by Gasteiger charge is 2.67. The molecule has 0 heterocycles. The summed E-state index contributed by atoms with van der Waals surface area (Å²) in [7, 11) is 2.88. The van der Waals surface area contributed by atoms with Gasteiger partial charge in [0.05, 0.1) is 23.6 Å². The van der Waals surface area contributed by atoms with Crippen molar-refractivity contribution in [1.29, 1.82) is 0 Å². The number of phenols is 1. The third-order valence-electron chi connectivity index (χ3n) is 8.83. The molecule has 1 radical (unpaired) electrons. The predicted octanol–water partition coefficient (Wildman–Crippen LogP) is 1.58. The Labute approximate surface area is 244 Å². The zero-order valence-electron chi connectivity index (χ0n) is 23.0. The van der Waals surface area contributed by atoms with Crippen LogP contribution in [0.25, 0.3) is 27.7 Å². The summed E-state index contributed by atoms with van der Waals surface area (Å²) >= 11 is 0. The van der Waals surface area contributed by atoms with Gasteiger partial charge in [0.25, 0.3) is 5.91 Å². The van der Waals surface area contributed by atoms with Gasteiger partial charge in [0.15, 0.2) is 17.7 Å². The van der Waals surface area contributed by atoms with Crippen LogP contribution in [0, 0.1) is 18.3 Å². The molecule has 0 bridgehead atoms. The fraction of sp³-hybridized carbons (Fsp3) is 0.219. The van der Waals surface area contributed by atoms with Crippen molar-refractivity contribution in [1.82, 2.24) is 4.90 Å². The Morgan fingerprint density at radius 3 is 2.26 bits per heavy atom. The summed E-state index contributed by atoms with van der Waals surface area (Å²) in [4.78, 5) is 52.6. The number of carbonyl (C=O) groups excluding carboxylic acids is 4. The number of nitrogens with two attached hydrogens (primary N) is 1. The molecule has 7 N–H and O–H groups in total. The van der Waals surface area contributed by atoms with Gasteiger partial charge in [-0.3, -0.25) is 24.1 Å². The summed E-state index contributed by atoms with van der Waals surface area (Å²) < 4.78 is 0. The number of carbonyl (C=O) groups is 4. The number of primary amides is 1. The van der Waals surface area contributed by atoms with E-state index in [2.05, 4.69) is 0 Å². The average molecular weight is 584 g/mol. The van der Waals surface area contributed by atoms with E-state index in [0.29, 0.717) is 27.5 Å². The molecule has 0 unspecified atom stereocenters. The van der Waals surface area contributed by atoms with Gasteiger partial charge in [-0.25, -0.2) is 0 Å². The van der Waals surface area contributed by atoms with Gasteiger partial charge in [0.1, 0.15) is 22.8 Å². The van der Waals surface area contributed by atoms with Crippen molar-refractivity contribution >= 4 is 40.3 Å². The monoisotopic (exact) mass is 583 g/mol. The lowest BCUT2D eigenvalue weighted by Gasteiger charge is -2.52. The maximum Gasteiger partial charge on any atom is 0.255 e. The number of hydrogen-bond donors (Lipinski definition) is 6. The van der Waals surface area contributed by atoms with Gasteiger partial charge in [-0.05, 0) is 47.6 Å². The summed E-state index contributed by atoms with van der Waals surface area (Å²) in [6.07, 6.45) is 0.452. The summed E-state index contributed by atoms with van der Waals surface area (Å²) in [5.41, 5.74) is 2.52. The maximum atomic E-state index is 14.1. The zero-order chi connectivity index (χ0) is 31.1. The molecule has 11 heteroatoms. The predicted molar refractivity (Wildman–Crippen MR) is 154 cm³/mol. The van der Waals surface area contributed by atoms with E-state index in [1.807, 2.05) is 0 Å². The van der Waals surface area contributed by atoms with E-state index in [4.69, 9.17) is 5.73 Å². The Balaban J connectivity index is 1.62. The van der Waals surface area contributed by atoms with Crippen LogP contribution in [-0.4, -0.2) is 86.0 Å². The number of phenolic OH excluding ortho intramolecular Hbond substituents is 1. The van der Waals surface area contributed by atoms with Crippen molar-refractivity contribution < 1.29 is 44.7 Å². The maximum absolute atomic E-state index is 14.1. The molecule has 1 saturated carbocycles. The lowest BCUT2D eigenvalue weighted by Crippen LogP contribution is -2.70. The van der Waals surface area contributed by atoms with E-state index in [1.165, 1.54) is 31.5 Å². The average Bonchev–Trinajstić information content (AvgIpc) is 2.96. The van der Waals surface area contributed by atoms with Crippen molar-refractivity contribution in [2.24, 2.45) is 17.6 Å². The van der Waals surface area contributed by atoms with Crippen molar-refractivity contribution in [3.63, 3.8) is 0 Å². The Kier molecular flexibility index (Phi) is 6.31. The zero-order valence-corrected chi connectivity index (χ0v) is 23.0.